The van der Waals surface area contributed by atoms with E-state index in [4.69, 9.17) is 18.9 Å². The van der Waals surface area contributed by atoms with E-state index in [2.05, 4.69) is 4.98 Å². The molecule has 4 aromatic carbocycles. The van der Waals surface area contributed by atoms with Crippen LogP contribution < -0.4 is 18.9 Å². The summed E-state index contributed by atoms with van der Waals surface area (Å²) in [6.45, 7) is 1.23. The average Bonchev–Trinajstić information content (AvgIpc) is 3.14. The highest BCUT2D eigenvalue weighted by Crippen LogP contribution is 2.23. The Morgan fingerprint density at radius 2 is 0.854 bits per heavy atom. The number of methoxy groups -OCH3 is 4. The second-order valence-electron chi connectivity index (χ2n) is 11.2. The van der Waals surface area contributed by atoms with E-state index in [1.165, 1.54) is 6.20 Å². The molecule has 9 nitrogen and oxygen atoms in total. The molecule has 246 valence electrons. The number of ether oxygens (including phenoxy) is 4. The Balaban J connectivity index is 1.46. The fourth-order valence-electron chi connectivity index (χ4n) is 5.39. The lowest BCUT2D eigenvalue weighted by Gasteiger charge is -2.25. The third-order valence-electron chi connectivity index (χ3n) is 7.83. The number of benzene rings is 4. The molecule has 0 N–H and O–H groups in total. The van der Waals surface area contributed by atoms with Crippen molar-refractivity contribution in [2.45, 2.75) is 26.2 Å². The van der Waals surface area contributed by atoms with E-state index in [1.807, 2.05) is 97.1 Å². The van der Waals surface area contributed by atoms with E-state index in [0.717, 1.165) is 22.3 Å². The minimum Gasteiger partial charge on any atom is -0.497 e. The van der Waals surface area contributed by atoms with Crippen LogP contribution in [0.5, 0.6) is 23.0 Å². The van der Waals surface area contributed by atoms with Crippen molar-refractivity contribution in [1.82, 2.24) is 14.8 Å². The van der Waals surface area contributed by atoms with Gasteiger partial charge < -0.3 is 28.7 Å². The lowest BCUT2D eigenvalue weighted by atomic mass is 10.1. The van der Waals surface area contributed by atoms with Crippen molar-refractivity contribution in [2.75, 3.05) is 28.4 Å². The van der Waals surface area contributed by atoms with Gasteiger partial charge in [-0.05, 0) is 82.9 Å². The largest absolute Gasteiger partial charge is 0.497 e. The van der Waals surface area contributed by atoms with Crippen molar-refractivity contribution >= 4 is 11.8 Å². The molecule has 0 aliphatic carbocycles. The summed E-state index contributed by atoms with van der Waals surface area (Å²) >= 11 is 0. The third kappa shape index (κ3) is 8.70. The first kappa shape index (κ1) is 33.5. The molecule has 0 atom stereocenters. The molecular formula is C39H39N3O6. The maximum Gasteiger partial charge on any atom is 0.273 e. The Labute approximate surface area is 281 Å². The van der Waals surface area contributed by atoms with Crippen molar-refractivity contribution in [3.8, 4) is 23.0 Å². The predicted molar refractivity (Wildman–Crippen MR) is 183 cm³/mol. The molecule has 1 aromatic heterocycles. The zero-order valence-electron chi connectivity index (χ0n) is 27.6. The van der Waals surface area contributed by atoms with Gasteiger partial charge in [0, 0.05) is 37.9 Å². The van der Waals surface area contributed by atoms with E-state index in [0.29, 0.717) is 54.7 Å². The third-order valence-corrected chi connectivity index (χ3v) is 7.83. The first-order valence-electron chi connectivity index (χ1n) is 15.5. The van der Waals surface area contributed by atoms with Gasteiger partial charge in [-0.3, -0.25) is 14.6 Å². The summed E-state index contributed by atoms with van der Waals surface area (Å²) in [5.74, 6) is 2.22. The van der Waals surface area contributed by atoms with E-state index in [9.17, 15) is 9.59 Å². The van der Waals surface area contributed by atoms with Gasteiger partial charge in [-0.15, -0.1) is 0 Å². The summed E-state index contributed by atoms with van der Waals surface area (Å²) in [5, 5.41) is 0. The summed E-state index contributed by atoms with van der Waals surface area (Å²) in [6.07, 6.45) is 1.50. The van der Waals surface area contributed by atoms with Gasteiger partial charge in [0.1, 0.15) is 28.7 Å². The van der Waals surface area contributed by atoms with Crippen LogP contribution >= 0.6 is 0 Å². The topological polar surface area (TPSA) is 90.4 Å². The highest BCUT2D eigenvalue weighted by atomic mass is 16.5. The zero-order chi connectivity index (χ0) is 33.9. The van der Waals surface area contributed by atoms with E-state index in [1.54, 1.807) is 50.4 Å². The van der Waals surface area contributed by atoms with E-state index in [-0.39, 0.29) is 17.5 Å². The quantitative estimate of drug-likeness (QED) is 0.131. The number of amides is 2. The molecule has 0 aliphatic heterocycles. The number of aromatic nitrogens is 1. The van der Waals surface area contributed by atoms with Crippen molar-refractivity contribution in [3.63, 3.8) is 0 Å². The second-order valence-corrected chi connectivity index (χ2v) is 11.2. The molecule has 0 saturated carbocycles. The molecule has 5 aromatic rings. The van der Waals surface area contributed by atoms with Crippen molar-refractivity contribution in [3.05, 3.63) is 149 Å². The van der Waals surface area contributed by atoms with Crippen LogP contribution in [0.25, 0.3) is 0 Å². The summed E-state index contributed by atoms with van der Waals surface area (Å²) < 4.78 is 21.7. The van der Waals surface area contributed by atoms with Gasteiger partial charge in [0.05, 0.1) is 28.4 Å². The van der Waals surface area contributed by atoms with Gasteiger partial charge in [-0.1, -0.05) is 48.5 Å². The van der Waals surface area contributed by atoms with E-state index < -0.39 is 0 Å². The molecule has 0 radical (unpaired) electrons. The summed E-state index contributed by atoms with van der Waals surface area (Å²) in [7, 11) is 6.44. The van der Waals surface area contributed by atoms with Gasteiger partial charge in [0.25, 0.3) is 11.8 Å². The van der Waals surface area contributed by atoms with Crippen molar-refractivity contribution in [2.24, 2.45) is 0 Å². The maximum atomic E-state index is 14.2. The molecular weight excluding hydrogens is 606 g/mol. The first-order chi connectivity index (χ1) is 23.4. The summed E-state index contributed by atoms with van der Waals surface area (Å²) in [5.41, 5.74) is 4.09. The molecule has 0 saturated heterocycles. The molecule has 0 bridgehead atoms. The molecule has 0 aliphatic rings. The normalized spacial score (nSPS) is 10.6. The molecule has 0 fully saturated rings. The van der Waals surface area contributed by atoms with Crippen molar-refractivity contribution in [1.29, 1.82) is 0 Å². The number of carbonyl (C=O) groups excluding carboxylic acids is 2. The van der Waals surface area contributed by atoms with Crippen LogP contribution in [0, 0.1) is 0 Å². The Hall–Kier alpha value is -5.83. The lowest BCUT2D eigenvalue weighted by Crippen LogP contribution is -2.32. The van der Waals surface area contributed by atoms with Crippen LogP contribution in [0.1, 0.15) is 43.1 Å². The van der Waals surface area contributed by atoms with Gasteiger partial charge in [0.2, 0.25) is 0 Å². The number of pyridine rings is 1. The molecule has 1 heterocycles. The number of nitrogens with zero attached hydrogens (tertiary/aromatic N) is 3. The number of hydrogen-bond acceptors (Lipinski definition) is 7. The highest BCUT2D eigenvalue weighted by molar-refractivity contribution is 5.98. The molecule has 5 rings (SSSR count). The van der Waals surface area contributed by atoms with Crippen LogP contribution in [0.15, 0.2) is 115 Å². The Bertz CT molecular complexity index is 1630. The van der Waals surface area contributed by atoms with Gasteiger partial charge in [0.15, 0.2) is 0 Å². The average molecular weight is 646 g/mol. The number of hydrogen-bond donors (Lipinski definition) is 0. The number of carbonyl (C=O) groups is 2. The standard InChI is InChI=1S/C39H39N3O6/c1-45-33-13-5-9-28(19-33)24-41(25-29-10-6-14-34(20-29)46-2)38(43)32-17-18-40-37(23-32)39(44)42(26-30-11-7-15-35(21-30)47-3)27-31-12-8-16-36(22-31)48-4/h5-23H,24-27H2,1-4H3. The van der Waals surface area contributed by atoms with Gasteiger partial charge in [-0.25, -0.2) is 0 Å². The summed E-state index contributed by atoms with van der Waals surface area (Å²) in [6, 6.07) is 33.6. The van der Waals surface area contributed by atoms with Gasteiger partial charge in [-0.2, -0.15) is 0 Å². The number of rotatable bonds is 14. The predicted octanol–water partition coefficient (Wildman–Crippen LogP) is 6.80. The minimum atomic E-state index is -0.317. The van der Waals surface area contributed by atoms with Crippen molar-refractivity contribution < 1.29 is 28.5 Å². The van der Waals surface area contributed by atoms with Crippen LogP contribution in [-0.2, 0) is 26.2 Å². The van der Waals surface area contributed by atoms with Crippen LogP contribution in [0.3, 0.4) is 0 Å². The molecule has 0 unspecified atom stereocenters. The fraction of sp³-hybridized carbons (Fsp3) is 0.205. The zero-order valence-corrected chi connectivity index (χ0v) is 27.6. The smallest absolute Gasteiger partial charge is 0.273 e. The van der Waals surface area contributed by atoms with Crippen LogP contribution in [0.2, 0.25) is 0 Å². The van der Waals surface area contributed by atoms with E-state index >= 15 is 0 Å². The monoisotopic (exact) mass is 645 g/mol. The SMILES string of the molecule is COc1cccc(CN(Cc2cccc(OC)c2)C(=O)c2ccnc(C(=O)N(Cc3cccc(OC)c3)Cc3cccc(OC)c3)c2)c1. The minimum absolute atomic E-state index is 0.161. The molecule has 48 heavy (non-hydrogen) atoms. The fourth-order valence-corrected chi connectivity index (χ4v) is 5.39. The second kappa shape index (κ2) is 16.1. The lowest BCUT2D eigenvalue weighted by molar-refractivity contribution is 0.0722. The Kier molecular flexibility index (Phi) is 11.3. The van der Waals surface area contributed by atoms with Crippen LogP contribution in [0.4, 0.5) is 0 Å². The Morgan fingerprint density at radius 1 is 0.500 bits per heavy atom. The Morgan fingerprint density at radius 3 is 1.21 bits per heavy atom. The first-order valence-corrected chi connectivity index (χ1v) is 15.5. The van der Waals surface area contributed by atoms with Gasteiger partial charge >= 0.3 is 0 Å². The van der Waals surface area contributed by atoms with Crippen LogP contribution in [-0.4, -0.2) is 55.0 Å². The highest BCUT2D eigenvalue weighted by Gasteiger charge is 2.23. The molecule has 0 spiro atoms. The molecule has 2 amide bonds. The molecule has 9 heteroatoms. The summed E-state index contributed by atoms with van der Waals surface area (Å²) in [4.78, 5) is 36.2. The maximum absolute atomic E-state index is 14.2.